The third kappa shape index (κ3) is 16.5. The number of para-hydroxylation sites is 1. The maximum absolute atomic E-state index is 11.2. The van der Waals surface area contributed by atoms with Crippen molar-refractivity contribution in [1.29, 1.82) is 0 Å². The number of allylic oxidation sites excluding steroid dienone is 2. The summed E-state index contributed by atoms with van der Waals surface area (Å²) in [6.45, 7) is 0. The normalized spacial score (nSPS) is 10.9. The van der Waals surface area contributed by atoms with Crippen LogP contribution < -0.4 is 5.32 Å². The van der Waals surface area contributed by atoms with Gasteiger partial charge >= 0.3 is 53.8 Å². The van der Waals surface area contributed by atoms with Crippen molar-refractivity contribution in [2.24, 2.45) is 0 Å². The van der Waals surface area contributed by atoms with E-state index in [0.717, 1.165) is 18.5 Å². The van der Waals surface area contributed by atoms with Gasteiger partial charge in [-0.15, -0.1) is 0 Å². The number of rotatable bonds is 3. The van der Waals surface area contributed by atoms with E-state index in [4.69, 9.17) is 5.11 Å². The summed E-state index contributed by atoms with van der Waals surface area (Å²) < 4.78 is 0. The second-order valence-electron chi connectivity index (χ2n) is 7.43. The van der Waals surface area contributed by atoms with Crippen molar-refractivity contribution in [2.45, 2.75) is 19.3 Å². The van der Waals surface area contributed by atoms with Crippen LogP contribution in [0.3, 0.4) is 0 Å². The summed E-state index contributed by atoms with van der Waals surface area (Å²) in [6.07, 6.45) is 3.72. The molecule has 0 bridgehead atoms. The first-order valence-electron chi connectivity index (χ1n) is 11.5. The molecule has 4 nitrogen and oxygen atoms in total. The molecular weight excluding hydrogens is 672 g/mol. The Labute approximate surface area is 253 Å². The van der Waals surface area contributed by atoms with Crippen LogP contribution in [-0.2, 0) is 4.79 Å². The number of hydrogen-bond acceptors (Lipinski definition) is 3. The number of carbonyl (C=O) groups is 2. The van der Waals surface area contributed by atoms with Gasteiger partial charge in [-0.05, 0) is 25.0 Å². The fourth-order valence-corrected chi connectivity index (χ4v) is 3.00. The maximum Gasteiger partial charge on any atom is 4.00 e. The minimum atomic E-state index is -0.976. The molecule has 2 N–H and O–H groups in total. The summed E-state index contributed by atoms with van der Waals surface area (Å²) in [7, 11) is 0. The van der Waals surface area contributed by atoms with E-state index in [1.165, 1.54) is 6.07 Å². The Hall–Kier alpha value is -2.84. The molecular formula is C31H31NO3Sn2+8. The zero-order valence-corrected chi connectivity index (χ0v) is 26.4. The minimum absolute atomic E-state index is 0. The molecule has 178 valence electrons. The Balaban J connectivity index is 0.000000533. The minimum Gasteiger partial charge on any atom is -0.478 e. The molecule has 4 aromatic carbocycles. The van der Waals surface area contributed by atoms with Crippen LogP contribution in [0.15, 0.2) is 145 Å². The summed E-state index contributed by atoms with van der Waals surface area (Å²) >= 11 is 0. The van der Waals surface area contributed by atoms with Crippen LogP contribution in [0.4, 0.5) is 5.69 Å². The molecule has 0 atom stereocenters. The van der Waals surface area contributed by atoms with Crippen molar-refractivity contribution in [1.82, 2.24) is 0 Å². The summed E-state index contributed by atoms with van der Waals surface area (Å²) in [4.78, 5) is 22.3. The van der Waals surface area contributed by atoms with Gasteiger partial charge in [0, 0.05) is 18.2 Å². The van der Waals surface area contributed by atoms with Crippen LogP contribution in [0.5, 0.6) is 0 Å². The monoisotopic (exact) mass is 705 g/mol. The number of benzene rings is 4. The Morgan fingerprint density at radius 3 is 1.32 bits per heavy atom. The molecule has 1 aliphatic rings. The van der Waals surface area contributed by atoms with Gasteiger partial charge in [-0.1, -0.05) is 121 Å². The third-order valence-corrected chi connectivity index (χ3v) is 4.66. The summed E-state index contributed by atoms with van der Waals surface area (Å²) in [5, 5.41) is 12.0. The standard InChI is InChI=1S/C13H13NO3.3C6H6.2Sn/c15-10-5-3-4-9(8-10)14-12-7-2-1-6-11(12)13(16)17;3*1-2-4-6-5-3-1;;/h1-2,6-8,14H,3-5H2,(H,16,17);3*1-6H;;/q;;;;2*+4. The first-order valence-corrected chi connectivity index (χ1v) is 11.5. The van der Waals surface area contributed by atoms with Gasteiger partial charge in [0.15, 0.2) is 5.78 Å². The molecule has 0 unspecified atom stereocenters. The largest absolute Gasteiger partial charge is 4.00 e. The molecule has 5 rings (SSSR count). The van der Waals surface area contributed by atoms with E-state index >= 15 is 0 Å². The predicted molar refractivity (Wildman–Crippen MR) is 155 cm³/mol. The molecule has 37 heavy (non-hydrogen) atoms. The SMILES string of the molecule is O=C1C=C(Nc2ccccc2C(=O)O)CCC1.[Sn+4].[Sn+4].c1ccccc1.c1ccccc1.c1ccccc1. The fraction of sp³-hybridized carbons (Fsp3) is 0.0968. The fourth-order valence-electron chi connectivity index (χ4n) is 3.00. The van der Waals surface area contributed by atoms with E-state index in [2.05, 4.69) is 5.32 Å². The molecule has 0 saturated carbocycles. The van der Waals surface area contributed by atoms with Gasteiger partial charge in [-0.3, -0.25) is 4.79 Å². The van der Waals surface area contributed by atoms with Gasteiger partial charge in [-0.2, -0.15) is 0 Å². The molecule has 0 saturated heterocycles. The molecule has 0 aromatic heterocycles. The maximum atomic E-state index is 11.2. The van der Waals surface area contributed by atoms with Crippen molar-refractivity contribution < 1.29 is 14.7 Å². The van der Waals surface area contributed by atoms with Crippen LogP contribution in [0.25, 0.3) is 0 Å². The molecule has 4 aromatic rings. The van der Waals surface area contributed by atoms with Crippen molar-refractivity contribution >= 4 is 65.3 Å². The first-order chi connectivity index (χ1) is 17.2. The molecule has 1 aliphatic carbocycles. The number of carboxylic acid groups (broad SMARTS) is 1. The van der Waals surface area contributed by atoms with Crippen LogP contribution in [0.1, 0.15) is 29.6 Å². The molecule has 0 amide bonds. The Kier molecular flexibility index (Phi) is 20.6. The van der Waals surface area contributed by atoms with Gasteiger partial charge in [0.25, 0.3) is 0 Å². The molecule has 0 radical (unpaired) electrons. The predicted octanol–water partition coefficient (Wildman–Crippen LogP) is 6.73. The first kappa shape index (κ1) is 34.2. The number of nitrogens with one attached hydrogen (secondary N) is 1. The topological polar surface area (TPSA) is 66.4 Å². The average molecular weight is 703 g/mol. The second-order valence-corrected chi connectivity index (χ2v) is 7.43. The molecule has 6 heteroatoms. The van der Waals surface area contributed by atoms with Crippen LogP contribution in [0, 0.1) is 0 Å². The Morgan fingerprint density at radius 2 is 0.973 bits per heavy atom. The van der Waals surface area contributed by atoms with Gasteiger partial charge in [0.1, 0.15) is 0 Å². The van der Waals surface area contributed by atoms with E-state index in [1.807, 2.05) is 109 Å². The van der Waals surface area contributed by atoms with Crippen molar-refractivity contribution in [3.63, 3.8) is 0 Å². The summed E-state index contributed by atoms with van der Waals surface area (Å²) in [5.74, 6) is -0.887. The van der Waals surface area contributed by atoms with Crippen LogP contribution >= 0.6 is 0 Å². The van der Waals surface area contributed by atoms with Gasteiger partial charge in [0.05, 0.1) is 11.3 Å². The van der Waals surface area contributed by atoms with Crippen molar-refractivity contribution in [2.75, 3.05) is 5.32 Å². The number of carboxylic acids is 1. The quantitative estimate of drug-likeness (QED) is 0.233. The summed E-state index contributed by atoms with van der Waals surface area (Å²) in [5.41, 5.74) is 1.53. The van der Waals surface area contributed by atoms with Crippen LogP contribution in [0.2, 0.25) is 0 Å². The van der Waals surface area contributed by atoms with Gasteiger partial charge in [-0.25, -0.2) is 4.79 Å². The van der Waals surface area contributed by atoms with Crippen LogP contribution in [-0.4, -0.2) is 64.7 Å². The van der Waals surface area contributed by atoms with E-state index in [-0.39, 0.29) is 59.2 Å². The van der Waals surface area contributed by atoms with E-state index in [9.17, 15) is 9.59 Å². The molecule has 0 aliphatic heterocycles. The molecule has 0 heterocycles. The average Bonchev–Trinajstić information content (AvgIpc) is 2.93. The number of anilines is 1. The summed E-state index contributed by atoms with van der Waals surface area (Å²) in [6, 6.07) is 42.7. The number of hydrogen-bond donors (Lipinski definition) is 2. The van der Waals surface area contributed by atoms with Gasteiger partial charge in [0.2, 0.25) is 0 Å². The Bertz CT molecular complexity index is 984. The number of carbonyl (C=O) groups excluding carboxylic acids is 1. The smallest absolute Gasteiger partial charge is 0.478 e. The van der Waals surface area contributed by atoms with Crippen molar-refractivity contribution in [3.8, 4) is 0 Å². The van der Waals surface area contributed by atoms with Crippen molar-refractivity contribution in [3.05, 3.63) is 151 Å². The zero-order valence-electron chi connectivity index (χ0n) is 20.7. The van der Waals surface area contributed by atoms with E-state index in [0.29, 0.717) is 12.1 Å². The second kappa shape index (κ2) is 22.4. The Morgan fingerprint density at radius 1 is 0.595 bits per heavy atom. The molecule has 0 spiro atoms. The van der Waals surface area contributed by atoms with E-state index in [1.54, 1.807) is 24.3 Å². The van der Waals surface area contributed by atoms with E-state index < -0.39 is 5.97 Å². The molecule has 0 fully saturated rings. The third-order valence-electron chi connectivity index (χ3n) is 4.66. The zero-order chi connectivity index (χ0) is 25.0. The number of ketones is 1. The number of aromatic carboxylic acids is 1. The van der Waals surface area contributed by atoms with Gasteiger partial charge < -0.3 is 10.4 Å².